The number of ketones is 1. The minimum Gasteiger partial charge on any atom is -0.485 e. The molecule has 0 bridgehead atoms. The van der Waals surface area contributed by atoms with Crippen molar-refractivity contribution >= 4 is 5.78 Å². The van der Waals surface area contributed by atoms with Gasteiger partial charge in [0.1, 0.15) is 5.75 Å². The zero-order valence-electron chi connectivity index (χ0n) is 12.6. The average molecular weight is 280 g/mol. The minimum absolute atomic E-state index is 0.0352. The van der Waals surface area contributed by atoms with Gasteiger partial charge in [0.2, 0.25) is 0 Å². The summed E-state index contributed by atoms with van der Waals surface area (Å²) >= 11 is 0. The molecule has 108 valence electrons. The van der Waals surface area contributed by atoms with Crippen LogP contribution in [-0.4, -0.2) is 12.4 Å². The number of hydrogen-bond donors (Lipinski definition) is 0. The Morgan fingerprint density at radius 1 is 1.05 bits per heavy atom. The van der Waals surface area contributed by atoms with Gasteiger partial charge in [-0.1, -0.05) is 29.8 Å². The number of carbonyl (C=O) groups is 1. The molecule has 2 heteroatoms. The highest BCUT2D eigenvalue weighted by Gasteiger charge is 2.13. The molecule has 3 rings (SSSR count). The van der Waals surface area contributed by atoms with Crippen LogP contribution in [0.3, 0.4) is 0 Å². The lowest BCUT2D eigenvalue weighted by molar-refractivity contribution is 0.0921. The van der Waals surface area contributed by atoms with Gasteiger partial charge in [-0.3, -0.25) is 4.79 Å². The van der Waals surface area contributed by atoms with Crippen molar-refractivity contribution in [3.63, 3.8) is 0 Å². The lowest BCUT2D eigenvalue weighted by atomic mass is 10.0. The third kappa shape index (κ3) is 2.99. The van der Waals surface area contributed by atoms with Gasteiger partial charge in [-0.25, -0.2) is 0 Å². The number of aryl methyl sites for hydroxylation is 4. The number of carbonyl (C=O) groups excluding carboxylic acids is 1. The van der Waals surface area contributed by atoms with Gasteiger partial charge in [0.05, 0.1) is 0 Å². The van der Waals surface area contributed by atoms with E-state index in [0.717, 1.165) is 29.7 Å². The maximum absolute atomic E-state index is 12.3. The summed E-state index contributed by atoms with van der Waals surface area (Å²) in [6, 6.07) is 12.1. The van der Waals surface area contributed by atoms with Crippen molar-refractivity contribution in [3.05, 3.63) is 64.2 Å². The van der Waals surface area contributed by atoms with Crippen molar-refractivity contribution in [2.75, 3.05) is 6.61 Å². The van der Waals surface area contributed by atoms with E-state index in [1.165, 1.54) is 23.1 Å². The molecule has 0 amide bonds. The van der Waals surface area contributed by atoms with E-state index in [4.69, 9.17) is 4.74 Å². The van der Waals surface area contributed by atoms with Crippen LogP contribution < -0.4 is 4.74 Å². The number of rotatable bonds is 4. The first-order chi connectivity index (χ1) is 10.1. The van der Waals surface area contributed by atoms with Gasteiger partial charge in [-0.05, 0) is 61.9 Å². The molecule has 0 saturated carbocycles. The van der Waals surface area contributed by atoms with Crippen LogP contribution in [0.4, 0.5) is 0 Å². The first-order valence-corrected chi connectivity index (χ1v) is 7.48. The predicted octanol–water partition coefficient (Wildman–Crippen LogP) is 4.05. The van der Waals surface area contributed by atoms with Crippen LogP contribution in [0.2, 0.25) is 0 Å². The second-order valence-electron chi connectivity index (χ2n) is 5.81. The molecule has 0 N–H and O–H groups in total. The van der Waals surface area contributed by atoms with Crippen LogP contribution in [0, 0.1) is 13.8 Å². The topological polar surface area (TPSA) is 26.3 Å². The van der Waals surface area contributed by atoms with Crippen LogP contribution in [0.25, 0.3) is 0 Å². The van der Waals surface area contributed by atoms with Gasteiger partial charge in [0, 0.05) is 5.56 Å². The van der Waals surface area contributed by atoms with Crippen LogP contribution in [0.5, 0.6) is 5.75 Å². The van der Waals surface area contributed by atoms with Gasteiger partial charge in [-0.15, -0.1) is 0 Å². The summed E-state index contributed by atoms with van der Waals surface area (Å²) in [6.45, 7) is 4.10. The Kier molecular flexibility index (Phi) is 3.78. The Morgan fingerprint density at radius 2 is 1.86 bits per heavy atom. The van der Waals surface area contributed by atoms with E-state index >= 15 is 0 Å². The Hall–Kier alpha value is -2.09. The summed E-state index contributed by atoms with van der Waals surface area (Å²) in [6.07, 6.45) is 3.51. The summed E-state index contributed by atoms with van der Waals surface area (Å²) in [4.78, 5) is 12.3. The molecule has 0 spiro atoms. The second kappa shape index (κ2) is 5.72. The van der Waals surface area contributed by atoms with Crippen molar-refractivity contribution in [1.82, 2.24) is 0 Å². The Bertz CT molecular complexity index is 686. The lowest BCUT2D eigenvalue weighted by Gasteiger charge is -2.09. The van der Waals surface area contributed by atoms with E-state index in [1.54, 1.807) is 0 Å². The molecule has 2 aromatic carbocycles. The molecule has 1 aliphatic carbocycles. The molecule has 2 nitrogen and oxygen atoms in total. The summed E-state index contributed by atoms with van der Waals surface area (Å²) < 4.78 is 5.68. The fourth-order valence-electron chi connectivity index (χ4n) is 2.99. The molecule has 21 heavy (non-hydrogen) atoms. The lowest BCUT2D eigenvalue weighted by Crippen LogP contribution is -2.13. The zero-order valence-corrected chi connectivity index (χ0v) is 12.6. The SMILES string of the molecule is Cc1ccc(C(=O)COc2ccc3c(c2)CCC3)c(C)c1. The standard InChI is InChI=1S/C19H20O2/c1-13-6-9-18(14(2)10-13)19(20)12-21-17-8-7-15-4-3-5-16(15)11-17/h6-11H,3-5,12H2,1-2H3. The maximum Gasteiger partial charge on any atom is 0.200 e. The molecular weight excluding hydrogens is 260 g/mol. The van der Waals surface area contributed by atoms with Gasteiger partial charge >= 0.3 is 0 Å². The number of hydrogen-bond acceptors (Lipinski definition) is 2. The molecule has 0 heterocycles. The molecule has 0 unspecified atom stereocenters. The van der Waals surface area contributed by atoms with E-state index in [0.29, 0.717) is 0 Å². The molecule has 0 fully saturated rings. The minimum atomic E-state index is 0.0352. The van der Waals surface area contributed by atoms with Crippen molar-refractivity contribution < 1.29 is 9.53 Å². The van der Waals surface area contributed by atoms with Crippen molar-refractivity contribution in [3.8, 4) is 5.75 Å². The fraction of sp³-hybridized carbons (Fsp3) is 0.316. The van der Waals surface area contributed by atoms with Crippen molar-refractivity contribution in [1.29, 1.82) is 0 Å². The monoisotopic (exact) mass is 280 g/mol. The maximum atomic E-state index is 12.3. The molecule has 0 atom stereocenters. The van der Waals surface area contributed by atoms with E-state index in [-0.39, 0.29) is 12.4 Å². The predicted molar refractivity (Wildman–Crippen MR) is 84.2 cm³/mol. The van der Waals surface area contributed by atoms with Crippen molar-refractivity contribution in [2.24, 2.45) is 0 Å². The first-order valence-electron chi connectivity index (χ1n) is 7.48. The van der Waals surface area contributed by atoms with E-state index in [2.05, 4.69) is 12.1 Å². The van der Waals surface area contributed by atoms with Gasteiger partial charge in [-0.2, -0.15) is 0 Å². The van der Waals surface area contributed by atoms with E-state index in [9.17, 15) is 4.79 Å². The molecule has 0 radical (unpaired) electrons. The highest BCUT2D eigenvalue weighted by atomic mass is 16.5. The fourth-order valence-corrected chi connectivity index (χ4v) is 2.99. The summed E-state index contributed by atoms with van der Waals surface area (Å²) in [5.74, 6) is 0.835. The second-order valence-corrected chi connectivity index (χ2v) is 5.81. The first kappa shape index (κ1) is 13.9. The molecule has 2 aromatic rings. The highest BCUT2D eigenvalue weighted by molar-refractivity contribution is 5.98. The summed E-state index contributed by atoms with van der Waals surface area (Å²) in [7, 11) is 0. The van der Waals surface area contributed by atoms with Gasteiger partial charge in [0.25, 0.3) is 0 Å². The average Bonchev–Trinajstić information content (AvgIpc) is 2.92. The Labute approximate surface area is 125 Å². The van der Waals surface area contributed by atoms with E-state index < -0.39 is 0 Å². The van der Waals surface area contributed by atoms with Gasteiger partial charge in [0.15, 0.2) is 12.4 Å². The third-order valence-corrected chi connectivity index (χ3v) is 4.12. The van der Waals surface area contributed by atoms with Crippen molar-refractivity contribution in [2.45, 2.75) is 33.1 Å². The van der Waals surface area contributed by atoms with Crippen LogP contribution in [-0.2, 0) is 12.8 Å². The number of fused-ring (bicyclic) bond motifs is 1. The van der Waals surface area contributed by atoms with E-state index in [1.807, 2.05) is 38.1 Å². The number of benzene rings is 2. The highest BCUT2D eigenvalue weighted by Crippen LogP contribution is 2.26. The molecule has 0 saturated heterocycles. The molecule has 1 aliphatic rings. The Balaban J connectivity index is 1.68. The van der Waals surface area contributed by atoms with Gasteiger partial charge < -0.3 is 4.74 Å². The molecular formula is C19H20O2. The number of Topliss-reactive ketones (excluding diaryl/α,β-unsaturated/α-hetero) is 1. The summed E-state index contributed by atoms with van der Waals surface area (Å²) in [5.41, 5.74) is 5.72. The zero-order chi connectivity index (χ0) is 14.8. The quantitative estimate of drug-likeness (QED) is 0.790. The third-order valence-electron chi connectivity index (χ3n) is 4.12. The molecule has 0 aliphatic heterocycles. The largest absolute Gasteiger partial charge is 0.485 e. The summed E-state index contributed by atoms with van der Waals surface area (Å²) in [5, 5.41) is 0. The normalized spacial score (nSPS) is 13.0. The molecule has 0 aromatic heterocycles. The van der Waals surface area contributed by atoms with Crippen LogP contribution in [0.1, 0.15) is 39.0 Å². The Morgan fingerprint density at radius 3 is 2.67 bits per heavy atom. The van der Waals surface area contributed by atoms with Crippen LogP contribution >= 0.6 is 0 Å². The smallest absolute Gasteiger partial charge is 0.200 e. The number of ether oxygens (including phenoxy) is 1. The van der Waals surface area contributed by atoms with Crippen LogP contribution in [0.15, 0.2) is 36.4 Å².